The molecule has 2 heteroatoms. The fraction of sp³-hybridized carbons (Fsp3) is 0.850. The molecule has 12 bridgehead atoms. The maximum Gasteiger partial charge on any atom is 0.122 e. The van der Waals surface area contributed by atoms with E-state index in [1.54, 1.807) is 63.4 Å². The van der Waals surface area contributed by atoms with Crippen LogP contribution in [0.15, 0.2) is 6.07 Å². The number of benzene rings is 1. The molecular weight excluding hydrogens is 512 g/mol. The zero-order chi connectivity index (χ0) is 27.4. The van der Waals surface area contributed by atoms with Gasteiger partial charge in [0.15, 0.2) is 0 Å². The van der Waals surface area contributed by atoms with Crippen molar-refractivity contribution in [3.63, 3.8) is 0 Å². The molecule has 1 saturated heterocycles. The van der Waals surface area contributed by atoms with Crippen LogP contribution in [-0.4, -0.2) is 19.3 Å². The normalized spacial score (nSPS) is 53.7. The summed E-state index contributed by atoms with van der Waals surface area (Å²) in [6, 6.07) is 2.75. The Bertz CT molecular complexity index is 1210. The minimum absolute atomic E-state index is 0.332. The molecule has 1 unspecified atom stereocenters. The zero-order valence-electron chi connectivity index (χ0n) is 26.3. The van der Waals surface area contributed by atoms with Crippen LogP contribution in [-0.2, 0) is 21.0 Å². The Labute approximate surface area is 254 Å². The summed E-state index contributed by atoms with van der Waals surface area (Å²) in [5, 5.41) is 0. The highest BCUT2D eigenvalue weighted by Gasteiger charge is 2.60. The SMILES string of the molecule is Cc1c(OCC2CO2)cc(C23CC4CC(CC(C4)C2)C3)c(C23CC4CC(CC(C4)C2)C3)c1C12CC3CC(CC(C3)C1)C2. The second kappa shape index (κ2) is 8.41. The van der Waals surface area contributed by atoms with Gasteiger partial charge in [-0.15, -0.1) is 0 Å². The third kappa shape index (κ3) is 3.54. The Kier molecular flexibility index (Phi) is 5.05. The Hall–Kier alpha value is -1.02. The van der Waals surface area contributed by atoms with E-state index in [0.717, 1.165) is 66.5 Å². The molecule has 14 rings (SSSR count). The number of epoxide rings is 1. The third-order valence-corrected chi connectivity index (χ3v) is 16.1. The van der Waals surface area contributed by atoms with E-state index < -0.39 is 0 Å². The molecule has 1 aliphatic heterocycles. The van der Waals surface area contributed by atoms with Crippen LogP contribution < -0.4 is 4.74 Å². The fourth-order valence-corrected chi connectivity index (χ4v) is 16.2. The lowest BCUT2D eigenvalue weighted by Gasteiger charge is -2.63. The van der Waals surface area contributed by atoms with Crippen molar-refractivity contribution in [2.75, 3.05) is 13.2 Å². The van der Waals surface area contributed by atoms with Crippen molar-refractivity contribution >= 4 is 0 Å². The molecule has 0 aromatic heterocycles. The van der Waals surface area contributed by atoms with Gasteiger partial charge in [0.2, 0.25) is 0 Å². The summed E-state index contributed by atoms with van der Waals surface area (Å²) in [5.74, 6) is 10.3. The van der Waals surface area contributed by atoms with Gasteiger partial charge >= 0.3 is 0 Å². The molecule has 42 heavy (non-hydrogen) atoms. The Morgan fingerprint density at radius 2 is 0.929 bits per heavy atom. The van der Waals surface area contributed by atoms with E-state index in [2.05, 4.69) is 13.0 Å². The molecule has 0 spiro atoms. The molecule has 1 aromatic carbocycles. The summed E-state index contributed by atoms with van der Waals surface area (Å²) in [6.45, 7) is 4.21. The fourth-order valence-electron chi connectivity index (χ4n) is 16.2. The quantitative estimate of drug-likeness (QED) is 0.320. The average Bonchev–Trinajstić information content (AvgIpc) is 3.74. The van der Waals surface area contributed by atoms with E-state index in [0.29, 0.717) is 22.3 Å². The van der Waals surface area contributed by atoms with Crippen molar-refractivity contribution in [2.24, 2.45) is 53.3 Å². The van der Waals surface area contributed by atoms with Crippen molar-refractivity contribution in [3.8, 4) is 5.75 Å². The molecule has 12 aliphatic carbocycles. The topological polar surface area (TPSA) is 21.8 Å². The molecule has 0 amide bonds. The largest absolute Gasteiger partial charge is 0.490 e. The molecule has 12 saturated carbocycles. The maximum atomic E-state index is 6.92. The predicted molar refractivity (Wildman–Crippen MR) is 166 cm³/mol. The highest BCUT2D eigenvalue weighted by molar-refractivity contribution is 5.59. The smallest absolute Gasteiger partial charge is 0.122 e. The van der Waals surface area contributed by atoms with Gasteiger partial charge in [0.1, 0.15) is 18.5 Å². The van der Waals surface area contributed by atoms with Crippen LogP contribution in [0.2, 0.25) is 0 Å². The van der Waals surface area contributed by atoms with Gasteiger partial charge in [-0.3, -0.25) is 0 Å². The maximum absolute atomic E-state index is 6.92. The van der Waals surface area contributed by atoms with Crippen LogP contribution in [0.1, 0.15) is 138 Å². The first-order chi connectivity index (χ1) is 20.4. The van der Waals surface area contributed by atoms with Crippen molar-refractivity contribution in [1.29, 1.82) is 0 Å². The monoisotopic (exact) mass is 566 g/mol. The summed E-state index contributed by atoms with van der Waals surface area (Å²) in [7, 11) is 0. The number of hydrogen-bond donors (Lipinski definition) is 0. The van der Waals surface area contributed by atoms with Gasteiger partial charge < -0.3 is 9.47 Å². The lowest BCUT2D eigenvalue weighted by molar-refractivity contribution is -0.0247. The third-order valence-electron chi connectivity index (χ3n) is 16.1. The van der Waals surface area contributed by atoms with E-state index in [9.17, 15) is 0 Å². The highest BCUT2D eigenvalue weighted by atomic mass is 16.6. The first-order valence-corrected chi connectivity index (χ1v) is 18.9. The minimum atomic E-state index is 0.332. The second-order valence-corrected chi connectivity index (χ2v) is 19.2. The van der Waals surface area contributed by atoms with E-state index in [1.807, 2.05) is 16.7 Å². The molecule has 0 N–H and O–H groups in total. The Morgan fingerprint density at radius 3 is 1.31 bits per heavy atom. The van der Waals surface area contributed by atoms with Crippen LogP contribution in [0, 0.1) is 60.2 Å². The van der Waals surface area contributed by atoms with Crippen molar-refractivity contribution < 1.29 is 9.47 Å². The minimum Gasteiger partial charge on any atom is -0.490 e. The predicted octanol–water partition coefficient (Wildman–Crippen LogP) is 9.18. The summed E-state index contributed by atoms with van der Waals surface area (Å²) in [4.78, 5) is 0. The molecule has 0 radical (unpaired) electrons. The number of hydrogen-bond acceptors (Lipinski definition) is 2. The van der Waals surface area contributed by atoms with Gasteiger partial charge in [-0.1, -0.05) is 0 Å². The molecular formula is C40H54O2. The van der Waals surface area contributed by atoms with E-state index >= 15 is 0 Å². The number of ether oxygens (including phenoxy) is 2. The van der Waals surface area contributed by atoms with E-state index in [4.69, 9.17) is 9.47 Å². The summed E-state index contributed by atoms with van der Waals surface area (Å²) in [5.41, 5.74) is 8.79. The van der Waals surface area contributed by atoms with Crippen LogP contribution in [0.3, 0.4) is 0 Å². The molecule has 2 nitrogen and oxygen atoms in total. The first-order valence-electron chi connectivity index (χ1n) is 18.9. The summed E-state index contributed by atoms with van der Waals surface area (Å²) >= 11 is 0. The van der Waals surface area contributed by atoms with Crippen molar-refractivity contribution in [1.82, 2.24) is 0 Å². The molecule has 1 aromatic rings. The highest BCUT2D eigenvalue weighted by Crippen LogP contribution is 2.70. The lowest BCUT2D eigenvalue weighted by atomic mass is 9.41. The summed E-state index contributed by atoms with van der Waals surface area (Å²) in [6.07, 6.45) is 27.8. The molecule has 13 fully saturated rings. The van der Waals surface area contributed by atoms with Gasteiger partial charge in [0.05, 0.1) is 6.61 Å². The lowest BCUT2D eigenvalue weighted by Crippen LogP contribution is -2.55. The Balaban J connectivity index is 1.17. The molecule has 1 heterocycles. The average molecular weight is 567 g/mol. The van der Waals surface area contributed by atoms with Crippen molar-refractivity contribution in [3.05, 3.63) is 28.3 Å². The molecule has 13 aliphatic rings. The number of rotatable bonds is 6. The van der Waals surface area contributed by atoms with Crippen LogP contribution in [0.25, 0.3) is 0 Å². The van der Waals surface area contributed by atoms with E-state index in [-0.39, 0.29) is 0 Å². The van der Waals surface area contributed by atoms with Gasteiger partial charge in [-0.2, -0.15) is 0 Å². The first kappa shape index (κ1) is 25.2. The van der Waals surface area contributed by atoms with Gasteiger partial charge in [-0.05, 0) is 220 Å². The van der Waals surface area contributed by atoms with Crippen LogP contribution in [0.5, 0.6) is 5.75 Å². The van der Waals surface area contributed by atoms with Gasteiger partial charge in [0, 0.05) is 0 Å². The van der Waals surface area contributed by atoms with Crippen molar-refractivity contribution in [2.45, 2.75) is 145 Å². The zero-order valence-corrected chi connectivity index (χ0v) is 26.3. The van der Waals surface area contributed by atoms with Crippen LogP contribution >= 0.6 is 0 Å². The van der Waals surface area contributed by atoms with E-state index in [1.165, 1.54) is 63.5 Å². The van der Waals surface area contributed by atoms with Crippen LogP contribution in [0.4, 0.5) is 0 Å². The standard InChI is InChI=1S/C40H54O2/c1-23-35(42-22-33-21-41-33)11-34(38-12-24-2-25(13-38)4-26(3-24)14-38)37(40-18-30-8-31(19-40)10-32(9-30)20-40)36(23)39-15-27-5-28(16-39)7-29(6-27)17-39/h11,24-33H,2-10,12-22H2,1H3. The molecule has 226 valence electrons. The molecule has 1 atom stereocenters. The van der Waals surface area contributed by atoms with Gasteiger partial charge in [-0.25, -0.2) is 0 Å². The summed E-state index contributed by atoms with van der Waals surface area (Å²) < 4.78 is 12.6. The van der Waals surface area contributed by atoms with Gasteiger partial charge in [0.25, 0.3) is 0 Å². The second-order valence-electron chi connectivity index (χ2n) is 19.2. The Morgan fingerprint density at radius 1 is 0.571 bits per heavy atom.